The van der Waals surface area contributed by atoms with Crippen LogP contribution in [0.1, 0.15) is 46.9 Å². The number of para-hydroxylation sites is 1. The second-order valence-corrected chi connectivity index (χ2v) is 9.56. The van der Waals surface area contributed by atoms with Gasteiger partial charge in [0.05, 0.1) is 11.1 Å². The van der Waals surface area contributed by atoms with Crippen molar-refractivity contribution in [1.82, 2.24) is 14.6 Å². The fourth-order valence-electron chi connectivity index (χ4n) is 4.33. The highest BCUT2D eigenvalue weighted by molar-refractivity contribution is 6.15. The SMILES string of the molecule is CC(C)c1cc(C(=O)c2cccc(NC(=O)Nc3ccc(C(F)(F)F)cc3)c2)c2c(Nc3ccccc3)ncnn12. The highest BCUT2D eigenvalue weighted by Gasteiger charge is 2.30. The van der Waals surface area contributed by atoms with E-state index in [2.05, 4.69) is 26.0 Å². The number of anilines is 4. The number of carbonyl (C=O) groups excluding carboxylic acids is 2. The maximum absolute atomic E-state index is 13.8. The van der Waals surface area contributed by atoms with Crippen molar-refractivity contribution in [2.45, 2.75) is 25.9 Å². The lowest BCUT2D eigenvalue weighted by Gasteiger charge is -2.11. The van der Waals surface area contributed by atoms with Gasteiger partial charge in [0.15, 0.2) is 11.6 Å². The Kier molecular flexibility index (Phi) is 7.43. The van der Waals surface area contributed by atoms with Gasteiger partial charge in [-0.05, 0) is 60.5 Å². The summed E-state index contributed by atoms with van der Waals surface area (Å²) < 4.78 is 40.1. The van der Waals surface area contributed by atoms with Crippen LogP contribution >= 0.6 is 0 Å². The van der Waals surface area contributed by atoms with Crippen LogP contribution in [-0.2, 0) is 6.18 Å². The first-order valence-corrected chi connectivity index (χ1v) is 12.7. The van der Waals surface area contributed by atoms with Crippen molar-refractivity contribution in [2.75, 3.05) is 16.0 Å². The molecule has 0 aliphatic carbocycles. The second kappa shape index (κ2) is 11.1. The Morgan fingerprint density at radius 2 is 1.51 bits per heavy atom. The molecule has 0 atom stereocenters. The van der Waals surface area contributed by atoms with Crippen molar-refractivity contribution in [3.05, 3.63) is 114 Å². The van der Waals surface area contributed by atoms with Crippen LogP contribution in [0.5, 0.6) is 0 Å². The number of nitrogens with zero attached hydrogens (tertiary/aromatic N) is 3. The van der Waals surface area contributed by atoms with Crippen LogP contribution in [0.4, 0.5) is 40.8 Å². The van der Waals surface area contributed by atoms with Gasteiger partial charge in [0.2, 0.25) is 0 Å². The first-order chi connectivity index (χ1) is 19.6. The quantitative estimate of drug-likeness (QED) is 0.180. The molecule has 0 aliphatic heterocycles. The van der Waals surface area contributed by atoms with E-state index in [9.17, 15) is 22.8 Å². The summed E-state index contributed by atoms with van der Waals surface area (Å²) in [6, 6.07) is 21.0. The Hall–Kier alpha value is -5.19. The molecule has 3 N–H and O–H groups in total. The van der Waals surface area contributed by atoms with Crippen molar-refractivity contribution in [2.24, 2.45) is 0 Å². The van der Waals surface area contributed by atoms with Gasteiger partial charge >= 0.3 is 12.2 Å². The fourth-order valence-corrected chi connectivity index (χ4v) is 4.33. The Morgan fingerprint density at radius 3 is 2.20 bits per heavy atom. The lowest BCUT2D eigenvalue weighted by Crippen LogP contribution is -2.19. The summed E-state index contributed by atoms with van der Waals surface area (Å²) in [7, 11) is 0. The monoisotopic (exact) mass is 558 g/mol. The number of rotatable bonds is 7. The number of halogens is 3. The first-order valence-electron chi connectivity index (χ1n) is 12.7. The van der Waals surface area contributed by atoms with Crippen LogP contribution in [0.3, 0.4) is 0 Å². The maximum atomic E-state index is 13.8. The van der Waals surface area contributed by atoms with E-state index in [0.717, 1.165) is 35.6 Å². The lowest BCUT2D eigenvalue weighted by molar-refractivity contribution is -0.137. The van der Waals surface area contributed by atoms with Crippen molar-refractivity contribution in [1.29, 1.82) is 0 Å². The van der Waals surface area contributed by atoms with E-state index < -0.39 is 17.8 Å². The molecule has 0 saturated carbocycles. The van der Waals surface area contributed by atoms with Crippen molar-refractivity contribution < 1.29 is 22.8 Å². The maximum Gasteiger partial charge on any atom is 0.416 e. The van der Waals surface area contributed by atoms with Gasteiger partial charge in [-0.3, -0.25) is 4.79 Å². The zero-order chi connectivity index (χ0) is 29.1. The van der Waals surface area contributed by atoms with E-state index in [1.165, 1.54) is 12.4 Å². The predicted molar refractivity (Wildman–Crippen MR) is 151 cm³/mol. The zero-order valence-corrected chi connectivity index (χ0v) is 22.0. The summed E-state index contributed by atoms with van der Waals surface area (Å²) in [4.78, 5) is 30.8. The van der Waals surface area contributed by atoms with Gasteiger partial charge in [0.25, 0.3) is 0 Å². The molecule has 11 heteroatoms. The number of aromatic nitrogens is 3. The van der Waals surface area contributed by atoms with Crippen molar-refractivity contribution >= 4 is 40.2 Å². The third kappa shape index (κ3) is 6.03. The summed E-state index contributed by atoms with van der Waals surface area (Å²) in [6.45, 7) is 4.00. The molecule has 5 aromatic rings. The molecule has 2 amide bonds. The summed E-state index contributed by atoms with van der Waals surface area (Å²) in [6.07, 6.45) is -3.04. The Morgan fingerprint density at radius 1 is 0.829 bits per heavy atom. The molecule has 8 nitrogen and oxygen atoms in total. The molecule has 2 heterocycles. The molecule has 208 valence electrons. The third-order valence-electron chi connectivity index (χ3n) is 6.31. The number of carbonyl (C=O) groups is 2. The highest BCUT2D eigenvalue weighted by atomic mass is 19.4. The molecule has 3 aromatic carbocycles. The number of benzene rings is 3. The van der Waals surface area contributed by atoms with Gasteiger partial charge in [0.1, 0.15) is 11.8 Å². The topological polar surface area (TPSA) is 100 Å². The van der Waals surface area contributed by atoms with Crippen LogP contribution < -0.4 is 16.0 Å². The lowest BCUT2D eigenvalue weighted by atomic mass is 10.0. The average molecular weight is 559 g/mol. The van der Waals surface area contributed by atoms with E-state index in [1.807, 2.05) is 44.2 Å². The molecular weight excluding hydrogens is 533 g/mol. The number of alkyl halides is 3. The number of hydrogen-bond donors (Lipinski definition) is 3. The van der Waals surface area contributed by atoms with Gasteiger partial charge in [-0.1, -0.05) is 44.2 Å². The van der Waals surface area contributed by atoms with Crippen LogP contribution in [0, 0.1) is 0 Å². The van der Waals surface area contributed by atoms with Crippen LogP contribution in [-0.4, -0.2) is 26.4 Å². The molecule has 0 unspecified atom stereocenters. The molecule has 2 aromatic heterocycles. The minimum Gasteiger partial charge on any atom is -0.338 e. The van der Waals surface area contributed by atoms with Gasteiger partial charge in [-0.15, -0.1) is 0 Å². The van der Waals surface area contributed by atoms with E-state index in [-0.39, 0.29) is 17.4 Å². The molecule has 0 radical (unpaired) electrons. The van der Waals surface area contributed by atoms with Crippen LogP contribution in [0.2, 0.25) is 0 Å². The largest absolute Gasteiger partial charge is 0.416 e. The standard InChI is InChI=1S/C30H25F3N6O2/c1-18(2)25-16-24(26-28(34-17-35-39(25)26)36-21-8-4-3-5-9-21)27(40)19-7-6-10-23(15-19)38-29(41)37-22-13-11-20(12-14-22)30(31,32)33/h3-18H,1-2H3,(H,34,35,36)(H2,37,38,41). The molecule has 0 spiro atoms. The van der Waals surface area contributed by atoms with Gasteiger partial charge < -0.3 is 16.0 Å². The molecular formula is C30H25F3N6O2. The Bertz CT molecular complexity index is 1710. The molecule has 41 heavy (non-hydrogen) atoms. The first kappa shape index (κ1) is 27.4. The van der Waals surface area contributed by atoms with Crippen molar-refractivity contribution in [3.63, 3.8) is 0 Å². The van der Waals surface area contributed by atoms with Gasteiger partial charge in [-0.25, -0.2) is 14.3 Å². The van der Waals surface area contributed by atoms with Crippen LogP contribution in [0.25, 0.3) is 5.52 Å². The van der Waals surface area contributed by atoms with E-state index >= 15 is 0 Å². The number of urea groups is 1. The third-order valence-corrected chi connectivity index (χ3v) is 6.31. The minimum absolute atomic E-state index is 0.0606. The summed E-state index contributed by atoms with van der Waals surface area (Å²) in [5.41, 5.74) is 2.53. The van der Waals surface area contributed by atoms with Crippen molar-refractivity contribution in [3.8, 4) is 0 Å². The zero-order valence-electron chi connectivity index (χ0n) is 22.0. The number of nitrogens with one attached hydrogen (secondary N) is 3. The highest BCUT2D eigenvalue weighted by Crippen LogP contribution is 2.31. The molecule has 0 fully saturated rings. The molecule has 0 bridgehead atoms. The summed E-state index contributed by atoms with van der Waals surface area (Å²) >= 11 is 0. The van der Waals surface area contributed by atoms with E-state index in [4.69, 9.17) is 0 Å². The van der Waals surface area contributed by atoms with E-state index in [1.54, 1.807) is 28.8 Å². The smallest absolute Gasteiger partial charge is 0.338 e. The van der Waals surface area contributed by atoms with E-state index in [0.29, 0.717) is 28.1 Å². The Balaban J connectivity index is 1.41. The predicted octanol–water partition coefficient (Wildman–Crippen LogP) is 7.49. The number of hydrogen-bond acceptors (Lipinski definition) is 5. The Labute approximate surface area is 233 Å². The van der Waals surface area contributed by atoms with Gasteiger partial charge in [0, 0.05) is 28.3 Å². The molecule has 5 rings (SSSR count). The van der Waals surface area contributed by atoms with Gasteiger partial charge in [-0.2, -0.15) is 18.3 Å². The normalized spacial score (nSPS) is 11.5. The second-order valence-electron chi connectivity index (χ2n) is 9.56. The average Bonchev–Trinajstić information content (AvgIpc) is 3.34. The molecule has 0 saturated heterocycles. The molecule has 0 aliphatic rings. The summed E-state index contributed by atoms with van der Waals surface area (Å²) in [5.74, 6) is 0.226. The van der Waals surface area contributed by atoms with Crippen LogP contribution in [0.15, 0.2) is 91.3 Å². The summed E-state index contributed by atoms with van der Waals surface area (Å²) in [5, 5.41) is 12.8. The number of ketones is 1. The number of fused-ring (bicyclic) bond motifs is 1. The number of amides is 2. The minimum atomic E-state index is -4.47. The fraction of sp³-hybridized carbons (Fsp3) is 0.133.